The molecule has 0 saturated carbocycles. The minimum Gasteiger partial charge on any atom is -0.507 e. The molecule has 19 heavy (non-hydrogen) atoms. The molecule has 0 heterocycles. The fraction of sp³-hybridized carbons (Fsp3) is 0.0714. The van der Waals surface area contributed by atoms with Crippen LogP contribution in [0.2, 0.25) is 0 Å². The predicted octanol–water partition coefficient (Wildman–Crippen LogP) is 3.90. The zero-order valence-corrected chi connectivity index (χ0v) is 11.6. The zero-order valence-electron chi connectivity index (χ0n) is 9.97. The van der Waals surface area contributed by atoms with Gasteiger partial charge < -0.3 is 9.84 Å². The molecule has 0 aliphatic rings. The molecule has 0 aromatic heterocycles. The van der Waals surface area contributed by atoms with Crippen molar-refractivity contribution in [2.45, 2.75) is 6.61 Å². The van der Waals surface area contributed by atoms with Gasteiger partial charge in [-0.3, -0.25) is 5.32 Å². The SMILES string of the molecule is O=C(Nc1ccc(Br)c(O)c1)OCc1ccccc1. The third kappa shape index (κ3) is 3.99. The number of phenols is 1. The van der Waals surface area contributed by atoms with Crippen LogP contribution >= 0.6 is 15.9 Å². The van der Waals surface area contributed by atoms with E-state index in [0.717, 1.165) is 5.56 Å². The molecule has 2 aromatic rings. The van der Waals surface area contributed by atoms with Gasteiger partial charge in [0, 0.05) is 11.8 Å². The molecule has 0 radical (unpaired) electrons. The molecule has 0 saturated heterocycles. The third-order valence-corrected chi connectivity index (χ3v) is 3.08. The van der Waals surface area contributed by atoms with E-state index in [1.54, 1.807) is 12.1 Å². The maximum absolute atomic E-state index is 11.6. The van der Waals surface area contributed by atoms with Gasteiger partial charge in [0.1, 0.15) is 12.4 Å². The molecule has 4 nitrogen and oxygen atoms in total. The van der Waals surface area contributed by atoms with E-state index in [0.29, 0.717) is 10.2 Å². The quantitative estimate of drug-likeness (QED) is 0.901. The van der Waals surface area contributed by atoms with E-state index in [4.69, 9.17) is 4.74 Å². The van der Waals surface area contributed by atoms with E-state index in [9.17, 15) is 9.90 Å². The summed E-state index contributed by atoms with van der Waals surface area (Å²) in [5.74, 6) is 0.0564. The second-order valence-corrected chi connectivity index (χ2v) is 4.71. The highest BCUT2D eigenvalue weighted by Gasteiger charge is 2.05. The molecule has 2 N–H and O–H groups in total. The van der Waals surface area contributed by atoms with Gasteiger partial charge >= 0.3 is 6.09 Å². The Morgan fingerprint density at radius 2 is 1.95 bits per heavy atom. The summed E-state index contributed by atoms with van der Waals surface area (Å²) >= 11 is 3.16. The number of carbonyl (C=O) groups excluding carboxylic acids is 1. The Labute approximate surface area is 119 Å². The number of rotatable bonds is 3. The van der Waals surface area contributed by atoms with Crippen molar-refractivity contribution >= 4 is 27.7 Å². The summed E-state index contributed by atoms with van der Waals surface area (Å²) in [4.78, 5) is 11.6. The highest BCUT2D eigenvalue weighted by molar-refractivity contribution is 9.10. The van der Waals surface area contributed by atoms with E-state index in [2.05, 4.69) is 21.2 Å². The van der Waals surface area contributed by atoms with Crippen LogP contribution in [0.25, 0.3) is 0 Å². The van der Waals surface area contributed by atoms with Gasteiger partial charge in [0.15, 0.2) is 0 Å². The van der Waals surface area contributed by atoms with E-state index in [-0.39, 0.29) is 12.4 Å². The number of ether oxygens (including phenoxy) is 1. The highest BCUT2D eigenvalue weighted by atomic mass is 79.9. The van der Waals surface area contributed by atoms with Crippen LogP contribution in [-0.4, -0.2) is 11.2 Å². The largest absolute Gasteiger partial charge is 0.507 e. The Balaban J connectivity index is 1.89. The average molecular weight is 322 g/mol. The molecule has 0 fully saturated rings. The van der Waals surface area contributed by atoms with Crippen molar-refractivity contribution in [1.82, 2.24) is 0 Å². The molecule has 2 rings (SSSR count). The Morgan fingerprint density at radius 3 is 2.63 bits per heavy atom. The molecule has 1 amide bonds. The molecule has 0 spiro atoms. The number of carbonyl (C=O) groups is 1. The maximum atomic E-state index is 11.6. The monoisotopic (exact) mass is 321 g/mol. The molecular weight excluding hydrogens is 310 g/mol. The molecule has 5 heteroatoms. The van der Waals surface area contributed by atoms with Crippen LogP contribution in [0.15, 0.2) is 53.0 Å². The summed E-state index contributed by atoms with van der Waals surface area (Å²) in [6.45, 7) is 0.204. The molecule has 0 unspecified atom stereocenters. The normalized spacial score (nSPS) is 9.95. The van der Waals surface area contributed by atoms with Gasteiger partial charge in [-0.1, -0.05) is 30.3 Å². The Hall–Kier alpha value is -2.01. The van der Waals surface area contributed by atoms with Crippen molar-refractivity contribution in [3.8, 4) is 5.75 Å². The summed E-state index contributed by atoms with van der Waals surface area (Å²) in [7, 11) is 0. The molecule has 98 valence electrons. The van der Waals surface area contributed by atoms with Crippen molar-refractivity contribution in [1.29, 1.82) is 0 Å². The number of nitrogens with one attached hydrogen (secondary N) is 1. The molecule has 0 aliphatic carbocycles. The van der Waals surface area contributed by atoms with Crippen molar-refractivity contribution < 1.29 is 14.6 Å². The number of phenolic OH excluding ortho intramolecular Hbond substituents is 1. The minimum atomic E-state index is -0.564. The van der Waals surface area contributed by atoms with Gasteiger partial charge in [0.05, 0.1) is 4.47 Å². The summed E-state index contributed by atoms with van der Waals surface area (Å²) in [6, 6.07) is 14.1. The lowest BCUT2D eigenvalue weighted by Crippen LogP contribution is -2.13. The van der Waals surface area contributed by atoms with Crippen LogP contribution in [0.5, 0.6) is 5.75 Å². The van der Waals surface area contributed by atoms with Gasteiger partial charge in [-0.15, -0.1) is 0 Å². The summed E-state index contributed by atoms with van der Waals surface area (Å²) in [5, 5.41) is 12.0. The number of halogens is 1. The number of anilines is 1. The molecule has 2 aromatic carbocycles. The van der Waals surface area contributed by atoms with E-state index in [1.807, 2.05) is 30.3 Å². The fourth-order valence-corrected chi connectivity index (χ4v) is 1.71. The number of hydrogen-bond acceptors (Lipinski definition) is 3. The van der Waals surface area contributed by atoms with E-state index in [1.165, 1.54) is 6.07 Å². The van der Waals surface area contributed by atoms with Crippen molar-refractivity contribution in [3.05, 3.63) is 58.6 Å². The predicted molar refractivity (Wildman–Crippen MR) is 76.1 cm³/mol. The first-order chi connectivity index (χ1) is 9.15. The lowest BCUT2D eigenvalue weighted by atomic mass is 10.2. The van der Waals surface area contributed by atoms with Gasteiger partial charge in [-0.05, 0) is 33.6 Å². The van der Waals surface area contributed by atoms with Crippen LogP contribution in [0.1, 0.15) is 5.56 Å². The fourth-order valence-electron chi connectivity index (χ4n) is 1.47. The average Bonchev–Trinajstić information content (AvgIpc) is 2.42. The Morgan fingerprint density at radius 1 is 1.21 bits per heavy atom. The van der Waals surface area contributed by atoms with Gasteiger partial charge in [-0.2, -0.15) is 0 Å². The number of aromatic hydroxyl groups is 1. The number of amides is 1. The van der Waals surface area contributed by atoms with Crippen LogP contribution < -0.4 is 5.32 Å². The molecular formula is C14H12BrNO3. The molecule has 0 aliphatic heterocycles. The van der Waals surface area contributed by atoms with E-state index >= 15 is 0 Å². The van der Waals surface area contributed by atoms with Crippen LogP contribution in [-0.2, 0) is 11.3 Å². The van der Waals surface area contributed by atoms with Crippen LogP contribution in [0.3, 0.4) is 0 Å². The first-order valence-electron chi connectivity index (χ1n) is 5.61. The van der Waals surface area contributed by atoms with Gasteiger partial charge in [0.25, 0.3) is 0 Å². The Bertz CT molecular complexity index is 572. The minimum absolute atomic E-state index is 0.0564. The topological polar surface area (TPSA) is 58.6 Å². The smallest absolute Gasteiger partial charge is 0.411 e. The molecule has 0 bridgehead atoms. The maximum Gasteiger partial charge on any atom is 0.411 e. The highest BCUT2D eigenvalue weighted by Crippen LogP contribution is 2.26. The third-order valence-electron chi connectivity index (χ3n) is 2.41. The summed E-state index contributed by atoms with van der Waals surface area (Å²) in [5.41, 5.74) is 1.38. The van der Waals surface area contributed by atoms with Crippen molar-refractivity contribution in [2.24, 2.45) is 0 Å². The van der Waals surface area contributed by atoms with Crippen molar-refractivity contribution in [2.75, 3.05) is 5.32 Å². The standard InChI is InChI=1S/C14H12BrNO3/c15-12-7-6-11(8-13(12)17)16-14(18)19-9-10-4-2-1-3-5-10/h1-8,17H,9H2,(H,16,18). The van der Waals surface area contributed by atoms with Crippen LogP contribution in [0, 0.1) is 0 Å². The summed E-state index contributed by atoms with van der Waals surface area (Å²) < 4.78 is 5.62. The lowest BCUT2D eigenvalue weighted by Gasteiger charge is -2.07. The number of hydrogen-bond donors (Lipinski definition) is 2. The zero-order chi connectivity index (χ0) is 13.7. The second kappa shape index (κ2) is 6.24. The first-order valence-corrected chi connectivity index (χ1v) is 6.40. The first kappa shape index (κ1) is 13.4. The summed E-state index contributed by atoms with van der Waals surface area (Å²) in [6.07, 6.45) is -0.564. The van der Waals surface area contributed by atoms with Gasteiger partial charge in [-0.25, -0.2) is 4.79 Å². The van der Waals surface area contributed by atoms with Crippen LogP contribution in [0.4, 0.5) is 10.5 Å². The number of benzene rings is 2. The van der Waals surface area contributed by atoms with Gasteiger partial charge in [0.2, 0.25) is 0 Å². The molecule has 0 atom stereocenters. The lowest BCUT2D eigenvalue weighted by molar-refractivity contribution is 0.155. The second-order valence-electron chi connectivity index (χ2n) is 3.85. The van der Waals surface area contributed by atoms with Crippen molar-refractivity contribution in [3.63, 3.8) is 0 Å². The Kier molecular flexibility index (Phi) is 4.41. The van der Waals surface area contributed by atoms with E-state index < -0.39 is 6.09 Å².